The Balaban J connectivity index is 1.62. The number of ether oxygens (including phenoxy) is 2. The zero-order valence-electron chi connectivity index (χ0n) is 13.9. The molecule has 0 saturated carbocycles. The van der Waals surface area contributed by atoms with Gasteiger partial charge in [-0.15, -0.1) is 0 Å². The summed E-state index contributed by atoms with van der Waals surface area (Å²) >= 11 is 0. The van der Waals surface area contributed by atoms with E-state index in [9.17, 15) is 9.59 Å². The molecule has 7 heteroatoms. The van der Waals surface area contributed by atoms with Crippen LogP contribution in [0.15, 0.2) is 45.6 Å². The molecular formula is C18H18N2O5. The lowest BCUT2D eigenvalue weighted by atomic mass is 10.1. The Morgan fingerprint density at radius 2 is 1.92 bits per heavy atom. The highest BCUT2D eigenvalue weighted by molar-refractivity contribution is 5.96. The number of carbonyl (C=O) groups excluding carboxylic acids is 1. The van der Waals surface area contributed by atoms with Crippen molar-refractivity contribution < 1.29 is 18.7 Å². The average Bonchev–Trinajstić information content (AvgIpc) is 3.00. The van der Waals surface area contributed by atoms with Crippen molar-refractivity contribution in [3.05, 3.63) is 58.1 Å². The molecule has 2 N–H and O–H groups in total. The fourth-order valence-corrected chi connectivity index (χ4v) is 2.55. The van der Waals surface area contributed by atoms with Gasteiger partial charge in [0, 0.05) is 12.1 Å². The molecule has 7 nitrogen and oxygen atoms in total. The van der Waals surface area contributed by atoms with E-state index in [0.717, 1.165) is 5.56 Å². The van der Waals surface area contributed by atoms with Crippen molar-refractivity contribution in [2.75, 3.05) is 20.8 Å². The number of benzene rings is 2. The first kappa shape index (κ1) is 16.6. The Kier molecular flexibility index (Phi) is 4.74. The van der Waals surface area contributed by atoms with Gasteiger partial charge in [0.25, 0.3) is 5.91 Å². The Bertz CT molecular complexity index is 957. The Labute approximate surface area is 143 Å². The van der Waals surface area contributed by atoms with E-state index < -0.39 is 5.76 Å². The van der Waals surface area contributed by atoms with Crippen LogP contribution in [0.3, 0.4) is 0 Å². The molecule has 0 unspecified atom stereocenters. The van der Waals surface area contributed by atoms with Crippen molar-refractivity contribution >= 4 is 17.0 Å². The fraction of sp³-hybridized carbons (Fsp3) is 0.222. The van der Waals surface area contributed by atoms with Gasteiger partial charge in [-0.2, -0.15) is 0 Å². The van der Waals surface area contributed by atoms with Crippen LogP contribution in [0.1, 0.15) is 15.9 Å². The van der Waals surface area contributed by atoms with Crippen molar-refractivity contribution in [2.24, 2.45) is 0 Å². The van der Waals surface area contributed by atoms with E-state index in [1.165, 1.54) is 0 Å². The lowest BCUT2D eigenvalue weighted by Gasteiger charge is -2.10. The van der Waals surface area contributed by atoms with Crippen LogP contribution >= 0.6 is 0 Å². The maximum atomic E-state index is 12.2. The first-order valence-electron chi connectivity index (χ1n) is 7.72. The van der Waals surface area contributed by atoms with Gasteiger partial charge in [0.05, 0.1) is 19.7 Å². The summed E-state index contributed by atoms with van der Waals surface area (Å²) in [5.74, 6) is 0.545. The van der Waals surface area contributed by atoms with E-state index in [2.05, 4.69) is 10.3 Å². The third kappa shape index (κ3) is 3.65. The molecule has 1 amide bonds. The second-order valence-corrected chi connectivity index (χ2v) is 5.42. The smallest absolute Gasteiger partial charge is 0.417 e. The number of hydrogen-bond acceptors (Lipinski definition) is 5. The van der Waals surface area contributed by atoms with Gasteiger partial charge in [-0.3, -0.25) is 9.78 Å². The zero-order chi connectivity index (χ0) is 17.8. The quantitative estimate of drug-likeness (QED) is 0.716. The van der Waals surface area contributed by atoms with Gasteiger partial charge in [0.2, 0.25) is 0 Å². The van der Waals surface area contributed by atoms with Crippen LogP contribution in [0.2, 0.25) is 0 Å². The van der Waals surface area contributed by atoms with Crippen molar-refractivity contribution in [3.8, 4) is 11.5 Å². The maximum Gasteiger partial charge on any atom is 0.417 e. The highest BCUT2D eigenvalue weighted by atomic mass is 16.5. The highest BCUT2D eigenvalue weighted by Gasteiger charge is 2.09. The number of H-pyrrole nitrogens is 1. The second-order valence-electron chi connectivity index (χ2n) is 5.42. The molecule has 0 saturated heterocycles. The van der Waals surface area contributed by atoms with Crippen molar-refractivity contribution in [2.45, 2.75) is 6.42 Å². The summed E-state index contributed by atoms with van der Waals surface area (Å²) in [7, 11) is 3.17. The number of oxazole rings is 1. The molecule has 0 aliphatic rings. The summed E-state index contributed by atoms with van der Waals surface area (Å²) in [4.78, 5) is 25.9. The van der Waals surface area contributed by atoms with Crippen LogP contribution in [-0.4, -0.2) is 31.7 Å². The highest BCUT2D eigenvalue weighted by Crippen LogP contribution is 2.27. The summed E-state index contributed by atoms with van der Waals surface area (Å²) in [6.45, 7) is 0.462. The van der Waals surface area contributed by atoms with Gasteiger partial charge in [-0.1, -0.05) is 6.07 Å². The minimum atomic E-state index is -0.541. The van der Waals surface area contributed by atoms with E-state index in [4.69, 9.17) is 13.9 Å². The Morgan fingerprint density at radius 3 is 2.68 bits per heavy atom. The van der Waals surface area contributed by atoms with Gasteiger partial charge in [-0.25, -0.2) is 4.79 Å². The van der Waals surface area contributed by atoms with Crippen molar-refractivity contribution in [3.63, 3.8) is 0 Å². The third-order valence-electron chi connectivity index (χ3n) is 3.83. The molecule has 0 radical (unpaired) electrons. The molecule has 0 atom stereocenters. The molecule has 130 valence electrons. The molecule has 3 aromatic rings. The number of carbonyl (C=O) groups is 1. The van der Waals surface area contributed by atoms with E-state index in [1.807, 2.05) is 18.2 Å². The van der Waals surface area contributed by atoms with Crippen LogP contribution in [0.5, 0.6) is 11.5 Å². The minimum absolute atomic E-state index is 0.230. The number of hydrogen-bond donors (Lipinski definition) is 2. The zero-order valence-corrected chi connectivity index (χ0v) is 13.9. The number of fused-ring (bicyclic) bond motifs is 1. The Hall–Kier alpha value is -3.22. The number of aromatic amines is 1. The standard InChI is InChI=1S/C18H18N2O5/c1-23-14-6-3-11(9-16(14)24-2)7-8-19-17(21)12-4-5-13-15(10-12)25-18(22)20-13/h3-6,9-10H,7-8H2,1-2H3,(H,19,21)(H,20,22). The normalized spacial score (nSPS) is 10.6. The second kappa shape index (κ2) is 7.12. The monoisotopic (exact) mass is 342 g/mol. The van der Waals surface area contributed by atoms with E-state index >= 15 is 0 Å². The molecule has 1 aromatic heterocycles. The average molecular weight is 342 g/mol. The van der Waals surface area contributed by atoms with Gasteiger partial charge >= 0.3 is 5.76 Å². The minimum Gasteiger partial charge on any atom is -0.493 e. The number of nitrogens with one attached hydrogen (secondary N) is 2. The summed E-state index contributed by atoms with van der Waals surface area (Å²) in [6.07, 6.45) is 0.646. The SMILES string of the molecule is COc1ccc(CCNC(=O)c2ccc3[nH]c(=O)oc3c2)cc1OC. The summed E-state index contributed by atoms with van der Waals surface area (Å²) in [5.41, 5.74) is 2.37. The van der Waals surface area contributed by atoms with Crippen molar-refractivity contribution in [1.29, 1.82) is 0 Å². The van der Waals surface area contributed by atoms with E-state index in [0.29, 0.717) is 41.1 Å². The lowest BCUT2D eigenvalue weighted by Crippen LogP contribution is -2.25. The van der Waals surface area contributed by atoms with Crippen LogP contribution < -0.4 is 20.5 Å². The predicted molar refractivity (Wildman–Crippen MR) is 92.4 cm³/mol. The predicted octanol–water partition coefficient (Wildman–Crippen LogP) is 2.11. The molecule has 0 fully saturated rings. The van der Waals surface area contributed by atoms with E-state index in [-0.39, 0.29) is 5.91 Å². The van der Waals surface area contributed by atoms with Crippen molar-refractivity contribution in [1.82, 2.24) is 10.3 Å². The van der Waals surface area contributed by atoms with Crippen LogP contribution in [-0.2, 0) is 6.42 Å². The van der Waals surface area contributed by atoms with Gasteiger partial charge in [0.15, 0.2) is 17.1 Å². The topological polar surface area (TPSA) is 93.6 Å². The lowest BCUT2D eigenvalue weighted by molar-refractivity contribution is 0.0954. The molecule has 0 spiro atoms. The molecule has 3 rings (SSSR count). The van der Waals surface area contributed by atoms with E-state index in [1.54, 1.807) is 32.4 Å². The maximum absolute atomic E-state index is 12.2. The molecule has 1 heterocycles. The molecule has 0 aliphatic carbocycles. The van der Waals surface area contributed by atoms with Crippen LogP contribution in [0, 0.1) is 0 Å². The summed E-state index contributed by atoms with van der Waals surface area (Å²) in [6, 6.07) is 10.5. The number of amides is 1. The summed E-state index contributed by atoms with van der Waals surface area (Å²) < 4.78 is 15.4. The Morgan fingerprint density at radius 1 is 1.12 bits per heavy atom. The molecule has 0 bridgehead atoms. The van der Waals surface area contributed by atoms with Crippen LogP contribution in [0.25, 0.3) is 11.1 Å². The molecular weight excluding hydrogens is 324 g/mol. The first-order valence-corrected chi connectivity index (χ1v) is 7.72. The van der Waals surface area contributed by atoms with Gasteiger partial charge < -0.3 is 19.2 Å². The molecule has 25 heavy (non-hydrogen) atoms. The fourth-order valence-electron chi connectivity index (χ4n) is 2.55. The van der Waals surface area contributed by atoms with Gasteiger partial charge in [0.1, 0.15) is 0 Å². The number of aromatic nitrogens is 1. The third-order valence-corrected chi connectivity index (χ3v) is 3.83. The van der Waals surface area contributed by atoms with Gasteiger partial charge in [-0.05, 0) is 42.3 Å². The van der Waals surface area contributed by atoms with Crippen LogP contribution in [0.4, 0.5) is 0 Å². The number of methoxy groups -OCH3 is 2. The number of rotatable bonds is 6. The molecule has 0 aliphatic heterocycles. The molecule has 2 aromatic carbocycles. The first-order chi connectivity index (χ1) is 12.1. The largest absolute Gasteiger partial charge is 0.493 e. The summed E-state index contributed by atoms with van der Waals surface area (Å²) in [5, 5.41) is 2.84.